The van der Waals surface area contributed by atoms with E-state index in [9.17, 15) is 14.0 Å². The van der Waals surface area contributed by atoms with Crippen molar-refractivity contribution in [3.8, 4) is 0 Å². The zero-order valence-electron chi connectivity index (χ0n) is 11.3. The maximum absolute atomic E-state index is 12.7. The standard InChI is InChI=1S/C14H17FN2O3/c1-17-8-12(20-9-14(17)19)7-16-13(18)6-10-2-4-11(15)5-3-10/h2-5,12H,6-9H2,1H3,(H,16,18). The number of carbonyl (C=O) groups is 2. The van der Waals surface area contributed by atoms with E-state index in [1.165, 1.54) is 12.1 Å². The summed E-state index contributed by atoms with van der Waals surface area (Å²) in [6, 6.07) is 5.82. The van der Waals surface area contributed by atoms with Crippen molar-refractivity contribution in [3.05, 3.63) is 35.6 Å². The molecule has 1 aliphatic heterocycles. The lowest BCUT2D eigenvalue weighted by Gasteiger charge is -2.29. The summed E-state index contributed by atoms with van der Waals surface area (Å²) in [6.45, 7) is 0.877. The molecule has 2 amide bonds. The van der Waals surface area contributed by atoms with Crippen LogP contribution in [-0.4, -0.2) is 49.6 Å². The van der Waals surface area contributed by atoms with Gasteiger partial charge in [0, 0.05) is 20.1 Å². The largest absolute Gasteiger partial charge is 0.365 e. The molecule has 1 saturated heterocycles. The number of rotatable bonds is 4. The zero-order valence-corrected chi connectivity index (χ0v) is 11.3. The van der Waals surface area contributed by atoms with Crippen molar-refractivity contribution < 1.29 is 18.7 Å². The number of likely N-dealkylation sites (N-methyl/N-ethyl adjacent to an activating group) is 1. The Labute approximate surface area is 116 Å². The molecule has 1 aliphatic rings. The van der Waals surface area contributed by atoms with E-state index in [1.54, 1.807) is 24.1 Å². The maximum Gasteiger partial charge on any atom is 0.248 e. The number of nitrogens with zero attached hydrogens (tertiary/aromatic N) is 1. The fourth-order valence-corrected chi connectivity index (χ4v) is 1.96. The summed E-state index contributed by atoms with van der Waals surface area (Å²) >= 11 is 0. The van der Waals surface area contributed by atoms with E-state index in [-0.39, 0.29) is 36.8 Å². The molecule has 2 rings (SSSR count). The Morgan fingerprint density at radius 2 is 2.15 bits per heavy atom. The van der Waals surface area contributed by atoms with E-state index in [0.29, 0.717) is 13.1 Å². The first kappa shape index (κ1) is 14.5. The number of morpholine rings is 1. The summed E-state index contributed by atoms with van der Waals surface area (Å²) < 4.78 is 18.1. The van der Waals surface area contributed by atoms with Gasteiger partial charge in [-0.3, -0.25) is 9.59 Å². The number of nitrogens with one attached hydrogen (secondary N) is 1. The Morgan fingerprint density at radius 1 is 1.45 bits per heavy atom. The Hall–Kier alpha value is -1.95. The molecular formula is C14H17FN2O3. The SMILES string of the molecule is CN1CC(CNC(=O)Cc2ccc(F)cc2)OCC1=O. The third-order valence-corrected chi connectivity index (χ3v) is 3.15. The molecule has 1 atom stereocenters. The highest BCUT2D eigenvalue weighted by molar-refractivity contribution is 5.79. The lowest BCUT2D eigenvalue weighted by molar-refractivity contribution is -0.146. The second-order valence-corrected chi connectivity index (χ2v) is 4.81. The van der Waals surface area contributed by atoms with Gasteiger partial charge in [-0.25, -0.2) is 4.39 Å². The summed E-state index contributed by atoms with van der Waals surface area (Å²) in [5.41, 5.74) is 0.751. The normalized spacial score (nSPS) is 19.0. The van der Waals surface area contributed by atoms with Crippen molar-refractivity contribution in [2.45, 2.75) is 12.5 Å². The van der Waals surface area contributed by atoms with Gasteiger partial charge >= 0.3 is 0 Å². The molecule has 20 heavy (non-hydrogen) atoms. The van der Waals surface area contributed by atoms with Gasteiger partial charge < -0.3 is 15.0 Å². The molecule has 0 saturated carbocycles. The lowest BCUT2D eigenvalue weighted by Crippen LogP contribution is -2.48. The minimum absolute atomic E-state index is 0.0506. The minimum atomic E-state index is -0.322. The number of halogens is 1. The number of amides is 2. The number of hydrogen-bond acceptors (Lipinski definition) is 3. The summed E-state index contributed by atoms with van der Waals surface area (Å²) in [5, 5.41) is 2.76. The molecule has 0 spiro atoms. The molecular weight excluding hydrogens is 263 g/mol. The highest BCUT2D eigenvalue weighted by Crippen LogP contribution is 2.05. The molecule has 5 nitrogen and oxygen atoms in total. The minimum Gasteiger partial charge on any atom is -0.365 e. The van der Waals surface area contributed by atoms with Crippen LogP contribution in [0.25, 0.3) is 0 Å². The van der Waals surface area contributed by atoms with Crippen LogP contribution in [0.15, 0.2) is 24.3 Å². The summed E-state index contributed by atoms with van der Waals surface area (Å²) in [4.78, 5) is 24.6. The molecule has 0 radical (unpaired) electrons. The quantitative estimate of drug-likeness (QED) is 0.865. The van der Waals surface area contributed by atoms with Crippen LogP contribution in [0.1, 0.15) is 5.56 Å². The van der Waals surface area contributed by atoms with Crippen molar-refractivity contribution >= 4 is 11.8 Å². The zero-order chi connectivity index (χ0) is 14.5. The molecule has 1 N–H and O–H groups in total. The van der Waals surface area contributed by atoms with Crippen LogP contribution in [0.5, 0.6) is 0 Å². The smallest absolute Gasteiger partial charge is 0.248 e. The molecule has 1 heterocycles. The Morgan fingerprint density at radius 3 is 2.80 bits per heavy atom. The van der Waals surface area contributed by atoms with Crippen LogP contribution in [0.2, 0.25) is 0 Å². The van der Waals surface area contributed by atoms with Crippen LogP contribution in [-0.2, 0) is 20.7 Å². The molecule has 1 aromatic carbocycles. The molecule has 1 fully saturated rings. The molecule has 0 bridgehead atoms. The second kappa shape index (κ2) is 6.47. The van der Waals surface area contributed by atoms with Gasteiger partial charge in [-0.1, -0.05) is 12.1 Å². The van der Waals surface area contributed by atoms with Crippen LogP contribution in [0, 0.1) is 5.82 Å². The Kier molecular flexibility index (Phi) is 4.68. The average molecular weight is 280 g/mol. The van der Waals surface area contributed by atoms with Gasteiger partial charge in [-0.15, -0.1) is 0 Å². The van der Waals surface area contributed by atoms with Gasteiger partial charge in [0.05, 0.1) is 12.5 Å². The van der Waals surface area contributed by atoms with E-state index in [1.807, 2.05) is 0 Å². The van der Waals surface area contributed by atoms with Gasteiger partial charge in [0.15, 0.2) is 0 Å². The van der Waals surface area contributed by atoms with E-state index < -0.39 is 0 Å². The van der Waals surface area contributed by atoms with Gasteiger partial charge in [0.2, 0.25) is 11.8 Å². The van der Waals surface area contributed by atoms with Gasteiger partial charge in [-0.05, 0) is 17.7 Å². The average Bonchev–Trinajstić information content (AvgIpc) is 2.43. The monoisotopic (exact) mass is 280 g/mol. The maximum atomic E-state index is 12.7. The first-order chi connectivity index (χ1) is 9.54. The molecule has 6 heteroatoms. The van der Waals surface area contributed by atoms with E-state index in [2.05, 4.69) is 5.32 Å². The van der Waals surface area contributed by atoms with Crippen molar-refractivity contribution in [1.29, 1.82) is 0 Å². The van der Waals surface area contributed by atoms with Gasteiger partial charge in [0.25, 0.3) is 0 Å². The number of hydrogen-bond donors (Lipinski definition) is 1. The second-order valence-electron chi connectivity index (χ2n) is 4.81. The fourth-order valence-electron chi connectivity index (χ4n) is 1.96. The molecule has 1 aromatic rings. The predicted octanol–water partition coefficient (Wildman–Crippen LogP) is 0.342. The Balaban J connectivity index is 1.75. The predicted molar refractivity (Wildman–Crippen MR) is 70.5 cm³/mol. The van der Waals surface area contributed by atoms with Crippen molar-refractivity contribution in [1.82, 2.24) is 10.2 Å². The Bertz CT molecular complexity index is 490. The topological polar surface area (TPSA) is 58.6 Å². The fraction of sp³-hybridized carbons (Fsp3) is 0.429. The van der Waals surface area contributed by atoms with Crippen LogP contribution in [0.4, 0.5) is 4.39 Å². The van der Waals surface area contributed by atoms with E-state index in [4.69, 9.17) is 4.74 Å². The molecule has 1 unspecified atom stereocenters. The third kappa shape index (κ3) is 4.03. The first-order valence-corrected chi connectivity index (χ1v) is 6.41. The summed E-state index contributed by atoms with van der Waals surface area (Å²) in [5.74, 6) is -0.531. The highest BCUT2D eigenvalue weighted by atomic mass is 19.1. The third-order valence-electron chi connectivity index (χ3n) is 3.15. The molecule has 0 aromatic heterocycles. The van der Waals surface area contributed by atoms with Crippen LogP contribution in [0.3, 0.4) is 0 Å². The van der Waals surface area contributed by atoms with Gasteiger partial charge in [-0.2, -0.15) is 0 Å². The highest BCUT2D eigenvalue weighted by Gasteiger charge is 2.23. The molecule has 108 valence electrons. The number of carbonyl (C=O) groups excluding carboxylic acids is 2. The van der Waals surface area contributed by atoms with Crippen LogP contribution < -0.4 is 5.32 Å². The number of ether oxygens (including phenoxy) is 1. The van der Waals surface area contributed by atoms with Gasteiger partial charge in [0.1, 0.15) is 12.4 Å². The first-order valence-electron chi connectivity index (χ1n) is 6.41. The van der Waals surface area contributed by atoms with Crippen molar-refractivity contribution in [2.24, 2.45) is 0 Å². The number of benzene rings is 1. The summed E-state index contributed by atoms with van der Waals surface area (Å²) in [6.07, 6.45) is 0.0109. The summed E-state index contributed by atoms with van der Waals surface area (Å²) in [7, 11) is 1.71. The van der Waals surface area contributed by atoms with E-state index in [0.717, 1.165) is 5.56 Å². The molecule has 0 aliphatic carbocycles. The lowest BCUT2D eigenvalue weighted by atomic mass is 10.1. The van der Waals surface area contributed by atoms with Crippen LogP contribution >= 0.6 is 0 Å². The van der Waals surface area contributed by atoms with E-state index >= 15 is 0 Å². The van der Waals surface area contributed by atoms with Crippen molar-refractivity contribution in [2.75, 3.05) is 26.7 Å². The van der Waals surface area contributed by atoms with Crippen molar-refractivity contribution in [3.63, 3.8) is 0 Å².